The summed E-state index contributed by atoms with van der Waals surface area (Å²) >= 11 is 5.29. The van der Waals surface area contributed by atoms with Gasteiger partial charge in [-0.15, -0.1) is 0 Å². The molecule has 1 aromatic carbocycles. The van der Waals surface area contributed by atoms with Crippen molar-refractivity contribution in [3.05, 3.63) is 28.5 Å². The van der Waals surface area contributed by atoms with Crippen molar-refractivity contribution in [3.63, 3.8) is 0 Å². The van der Waals surface area contributed by atoms with E-state index in [1.54, 1.807) is 10.6 Å². The number of fused-ring (bicyclic) bond motifs is 1. The number of imidazole rings is 1. The van der Waals surface area contributed by atoms with Crippen LogP contribution in [0.15, 0.2) is 12.1 Å². The van der Waals surface area contributed by atoms with Crippen molar-refractivity contribution in [1.82, 2.24) is 9.55 Å². The fraction of sp³-hybridized carbons (Fsp3) is 0.500. The fourth-order valence-electron chi connectivity index (χ4n) is 3.14. The van der Waals surface area contributed by atoms with Crippen molar-refractivity contribution in [2.24, 2.45) is 5.92 Å². The molecule has 0 bridgehead atoms. The fourth-order valence-corrected chi connectivity index (χ4v) is 3.49. The van der Waals surface area contributed by atoms with Gasteiger partial charge in [-0.05, 0) is 43.1 Å². The summed E-state index contributed by atoms with van der Waals surface area (Å²) in [5.41, 5.74) is 0.853. The molecule has 102 valence electrons. The Morgan fingerprint density at radius 2 is 2.11 bits per heavy atom. The number of aromatic amines is 1. The SMILES string of the molecule is CC1CCCC(n2c(=S)[nH]c3ccc(F)c(F)c32)C1. The quantitative estimate of drug-likeness (QED) is 0.750. The summed E-state index contributed by atoms with van der Waals surface area (Å²) in [4.78, 5) is 2.98. The van der Waals surface area contributed by atoms with Crippen molar-refractivity contribution >= 4 is 23.3 Å². The lowest BCUT2D eigenvalue weighted by Gasteiger charge is -2.28. The van der Waals surface area contributed by atoms with Gasteiger partial charge in [-0.2, -0.15) is 0 Å². The van der Waals surface area contributed by atoms with Crippen LogP contribution in [0.4, 0.5) is 8.78 Å². The molecule has 0 amide bonds. The smallest absolute Gasteiger partial charge is 0.184 e. The molecule has 0 radical (unpaired) electrons. The second kappa shape index (κ2) is 4.71. The number of benzene rings is 1. The first-order valence-electron chi connectivity index (χ1n) is 6.66. The van der Waals surface area contributed by atoms with E-state index in [1.807, 2.05) is 0 Å². The Kier molecular flexibility index (Phi) is 3.17. The van der Waals surface area contributed by atoms with Gasteiger partial charge in [-0.3, -0.25) is 0 Å². The topological polar surface area (TPSA) is 20.7 Å². The van der Waals surface area contributed by atoms with Crippen LogP contribution in [0.25, 0.3) is 11.0 Å². The number of hydrogen-bond donors (Lipinski definition) is 1. The second-order valence-corrected chi connectivity index (χ2v) is 5.87. The van der Waals surface area contributed by atoms with Crippen LogP contribution >= 0.6 is 12.2 Å². The normalized spacial score (nSPS) is 23.9. The van der Waals surface area contributed by atoms with Crippen LogP contribution in [0.3, 0.4) is 0 Å². The number of hydrogen-bond acceptors (Lipinski definition) is 1. The molecule has 0 spiro atoms. The van der Waals surface area contributed by atoms with E-state index in [9.17, 15) is 8.78 Å². The summed E-state index contributed by atoms with van der Waals surface area (Å²) in [6.07, 6.45) is 4.25. The number of nitrogens with one attached hydrogen (secondary N) is 1. The van der Waals surface area contributed by atoms with Gasteiger partial charge in [0.1, 0.15) is 5.52 Å². The maximum atomic E-state index is 14.1. The van der Waals surface area contributed by atoms with Gasteiger partial charge in [-0.1, -0.05) is 19.8 Å². The van der Waals surface area contributed by atoms with Gasteiger partial charge in [-0.25, -0.2) is 8.78 Å². The molecule has 0 aliphatic heterocycles. The van der Waals surface area contributed by atoms with E-state index in [4.69, 9.17) is 12.2 Å². The minimum absolute atomic E-state index is 0.168. The van der Waals surface area contributed by atoms with Crippen LogP contribution in [0, 0.1) is 22.3 Å². The Bertz CT molecular complexity index is 674. The molecular formula is C14H16F2N2S. The first-order chi connectivity index (χ1) is 9.08. The molecule has 19 heavy (non-hydrogen) atoms. The van der Waals surface area contributed by atoms with Gasteiger partial charge in [0, 0.05) is 6.04 Å². The first kappa shape index (κ1) is 12.8. The minimum atomic E-state index is -0.820. The van der Waals surface area contributed by atoms with E-state index in [-0.39, 0.29) is 11.6 Å². The maximum absolute atomic E-state index is 14.1. The highest BCUT2D eigenvalue weighted by Crippen LogP contribution is 2.35. The number of halogens is 2. The molecular weight excluding hydrogens is 266 g/mol. The number of aromatic nitrogens is 2. The van der Waals surface area contributed by atoms with Crippen LogP contribution in [-0.4, -0.2) is 9.55 Å². The Balaban J connectivity index is 2.19. The molecule has 5 heteroatoms. The van der Waals surface area contributed by atoms with E-state index in [0.717, 1.165) is 25.3 Å². The zero-order chi connectivity index (χ0) is 13.6. The van der Waals surface area contributed by atoms with Crippen molar-refractivity contribution in [3.8, 4) is 0 Å². The number of H-pyrrole nitrogens is 1. The number of rotatable bonds is 1. The zero-order valence-corrected chi connectivity index (χ0v) is 11.6. The van der Waals surface area contributed by atoms with E-state index >= 15 is 0 Å². The van der Waals surface area contributed by atoms with Crippen molar-refractivity contribution in [2.75, 3.05) is 0 Å². The lowest BCUT2D eigenvalue weighted by molar-refractivity contribution is 0.284. The summed E-state index contributed by atoms with van der Waals surface area (Å²) in [5, 5.41) is 0. The zero-order valence-electron chi connectivity index (χ0n) is 10.7. The first-order valence-corrected chi connectivity index (χ1v) is 7.07. The van der Waals surface area contributed by atoms with Crippen LogP contribution < -0.4 is 0 Å². The Labute approximate surface area is 115 Å². The molecule has 1 saturated carbocycles. The van der Waals surface area contributed by atoms with Gasteiger partial charge in [0.25, 0.3) is 0 Å². The van der Waals surface area contributed by atoms with E-state index in [2.05, 4.69) is 11.9 Å². The summed E-state index contributed by atoms with van der Waals surface area (Å²) in [6.45, 7) is 2.20. The Hall–Kier alpha value is -1.23. The molecule has 2 unspecified atom stereocenters. The summed E-state index contributed by atoms with van der Waals surface area (Å²) in [5.74, 6) is -1.02. The van der Waals surface area contributed by atoms with Crippen molar-refractivity contribution in [2.45, 2.75) is 38.6 Å². The van der Waals surface area contributed by atoms with Gasteiger partial charge >= 0.3 is 0 Å². The highest BCUT2D eigenvalue weighted by Gasteiger charge is 2.24. The molecule has 0 saturated heterocycles. The lowest BCUT2D eigenvalue weighted by atomic mass is 9.87. The van der Waals surface area contributed by atoms with E-state index in [0.29, 0.717) is 16.2 Å². The molecule has 3 rings (SSSR count). The van der Waals surface area contributed by atoms with E-state index in [1.165, 1.54) is 6.42 Å². The summed E-state index contributed by atoms with van der Waals surface area (Å²) < 4.78 is 29.8. The average molecular weight is 282 g/mol. The van der Waals surface area contributed by atoms with Crippen LogP contribution in [0.1, 0.15) is 38.6 Å². The molecule has 1 aliphatic rings. The van der Waals surface area contributed by atoms with Crippen LogP contribution in [0.5, 0.6) is 0 Å². The molecule has 1 fully saturated rings. The van der Waals surface area contributed by atoms with Gasteiger partial charge in [0.15, 0.2) is 16.4 Å². The molecule has 2 aromatic rings. The van der Waals surface area contributed by atoms with Crippen LogP contribution in [-0.2, 0) is 0 Å². The summed E-state index contributed by atoms with van der Waals surface area (Å²) in [7, 11) is 0. The monoisotopic (exact) mass is 282 g/mol. The largest absolute Gasteiger partial charge is 0.330 e. The van der Waals surface area contributed by atoms with Gasteiger partial charge in [0.2, 0.25) is 0 Å². The Morgan fingerprint density at radius 1 is 1.32 bits per heavy atom. The standard InChI is InChI=1S/C14H16F2N2S/c1-8-3-2-4-9(7-8)18-13-11(17-14(18)19)6-5-10(15)12(13)16/h5-6,8-9H,2-4,7H2,1H3,(H,17,19). The third-order valence-corrected chi connectivity index (χ3v) is 4.34. The average Bonchev–Trinajstić information content (AvgIpc) is 2.71. The molecule has 1 aliphatic carbocycles. The molecule has 1 heterocycles. The third kappa shape index (κ3) is 2.10. The van der Waals surface area contributed by atoms with E-state index < -0.39 is 11.6 Å². The van der Waals surface area contributed by atoms with Gasteiger partial charge < -0.3 is 9.55 Å². The second-order valence-electron chi connectivity index (χ2n) is 5.48. The lowest BCUT2D eigenvalue weighted by Crippen LogP contribution is -2.18. The minimum Gasteiger partial charge on any atom is -0.330 e. The third-order valence-electron chi connectivity index (χ3n) is 4.04. The van der Waals surface area contributed by atoms with Crippen molar-refractivity contribution < 1.29 is 8.78 Å². The molecule has 1 aromatic heterocycles. The predicted molar refractivity (Wildman–Crippen MR) is 73.7 cm³/mol. The van der Waals surface area contributed by atoms with Crippen molar-refractivity contribution in [1.29, 1.82) is 0 Å². The highest BCUT2D eigenvalue weighted by atomic mass is 32.1. The number of nitrogens with zero attached hydrogens (tertiary/aromatic N) is 1. The van der Waals surface area contributed by atoms with Gasteiger partial charge in [0.05, 0.1) is 5.52 Å². The van der Waals surface area contributed by atoms with Crippen LogP contribution in [0.2, 0.25) is 0 Å². The predicted octanol–water partition coefficient (Wildman–Crippen LogP) is 4.73. The summed E-state index contributed by atoms with van der Waals surface area (Å²) in [6, 6.07) is 2.85. The Morgan fingerprint density at radius 3 is 2.84 bits per heavy atom. The molecule has 2 nitrogen and oxygen atoms in total. The molecule has 2 atom stereocenters. The highest BCUT2D eigenvalue weighted by molar-refractivity contribution is 7.71. The maximum Gasteiger partial charge on any atom is 0.184 e. The molecule has 1 N–H and O–H groups in total.